The van der Waals surface area contributed by atoms with Gasteiger partial charge in [-0.3, -0.25) is 19.2 Å². The second kappa shape index (κ2) is 10.2. The van der Waals surface area contributed by atoms with Crippen molar-refractivity contribution in [2.45, 2.75) is 38.0 Å². The lowest BCUT2D eigenvalue weighted by atomic mass is 9.73. The predicted molar refractivity (Wildman–Crippen MR) is 123 cm³/mol. The number of hydrogen-bond acceptors (Lipinski definition) is 6. The summed E-state index contributed by atoms with van der Waals surface area (Å²) in [6.07, 6.45) is -1.81. The molecule has 0 amide bonds. The van der Waals surface area contributed by atoms with Crippen LogP contribution in [-0.4, -0.2) is 83.6 Å². The Bertz CT molecular complexity index is 984. The van der Waals surface area contributed by atoms with Crippen LogP contribution in [0, 0.1) is 6.92 Å². The monoisotopic (exact) mass is 480 g/mol. The van der Waals surface area contributed by atoms with Crippen molar-refractivity contribution in [2.75, 3.05) is 44.7 Å². The van der Waals surface area contributed by atoms with E-state index in [4.69, 9.17) is 0 Å². The van der Waals surface area contributed by atoms with Crippen molar-refractivity contribution in [3.05, 3.63) is 52.8 Å². The number of halogens is 4. The van der Waals surface area contributed by atoms with Crippen LogP contribution in [0.2, 0.25) is 0 Å². The van der Waals surface area contributed by atoms with Crippen molar-refractivity contribution in [1.82, 2.24) is 14.8 Å². The molecular formula is C23H29BF4N4O2. The molecule has 1 atom stereocenters. The maximum Gasteiger partial charge on any atom is 0.488 e. The summed E-state index contributed by atoms with van der Waals surface area (Å²) in [4.78, 5) is 8.05. The van der Waals surface area contributed by atoms with Crippen LogP contribution in [0.3, 0.4) is 0 Å². The molecule has 0 spiro atoms. The molecule has 2 aromatic rings. The quantitative estimate of drug-likeness (QED) is 0.397. The van der Waals surface area contributed by atoms with Gasteiger partial charge in [0.1, 0.15) is 0 Å². The molecule has 34 heavy (non-hydrogen) atoms. The van der Waals surface area contributed by atoms with Gasteiger partial charge in [-0.1, -0.05) is 12.1 Å². The van der Waals surface area contributed by atoms with Gasteiger partial charge in [0.15, 0.2) is 0 Å². The summed E-state index contributed by atoms with van der Waals surface area (Å²) in [6, 6.07) is 6.35. The van der Waals surface area contributed by atoms with Gasteiger partial charge in [0.05, 0.1) is 42.9 Å². The van der Waals surface area contributed by atoms with Crippen LogP contribution in [0.15, 0.2) is 30.5 Å². The first kappa shape index (κ1) is 24.9. The van der Waals surface area contributed by atoms with Crippen LogP contribution in [0.4, 0.5) is 23.2 Å². The molecule has 11 heteroatoms. The molecule has 0 aliphatic carbocycles. The lowest BCUT2D eigenvalue weighted by molar-refractivity contribution is -0.150. The first-order valence-electron chi connectivity index (χ1n) is 11.5. The van der Waals surface area contributed by atoms with Gasteiger partial charge in [0, 0.05) is 26.2 Å². The van der Waals surface area contributed by atoms with E-state index in [1.165, 1.54) is 4.90 Å². The minimum absolute atomic E-state index is 0.182. The zero-order chi connectivity index (χ0) is 24.5. The van der Waals surface area contributed by atoms with E-state index in [0.29, 0.717) is 35.1 Å². The third-order valence-corrected chi connectivity index (χ3v) is 6.65. The number of anilines is 1. The van der Waals surface area contributed by atoms with Gasteiger partial charge in [-0.25, -0.2) is 0 Å². The smallest absolute Gasteiger partial charge is 0.423 e. The van der Waals surface area contributed by atoms with Crippen molar-refractivity contribution in [1.29, 1.82) is 0 Å². The van der Waals surface area contributed by atoms with Gasteiger partial charge >= 0.3 is 13.3 Å². The normalized spacial score (nSPS) is 19.6. The molecule has 3 heterocycles. The van der Waals surface area contributed by atoms with Crippen LogP contribution in [0.1, 0.15) is 34.8 Å². The second-order valence-corrected chi connectivity index (χ2v) is 9.07. The number of aromatic nitrogens is 1. The highest BCUT2D eigenvalue weighted by Gasteiger charge is 2.39. The summed E-state index contributed by atoms with van der Waals surface area (Å²) in [7, 11) is -1.64. The van der Waals surface area contributed by atoms with Gasteiger partial charge in [-0.2, -0.15) is 13.2 Å². The van der Waals surface area contributed by atoms with Gasteiger partial charge in [-0.15, -0.1) is 0 Å². The second-order valence-electron chi connectivity index (χ2n) is 9.07. The maximum atomic E-state index is 13.4. The van der Waals surface area contributed by atoms with E-state index < -0.39 is 25.9 Å². The number of nitrogens with one attached hydrogen (secondary N) is 1. The summed E-state index contributed by atoms with van der Waals surface area (Å²) in [5, 5.41) is 22.6. The fraction of sp³-hybridized carbons (Fsp3) is 0.522. The van der Waals surface area contributed by atoms with Gasteiger partial charge < -0.3 is 15.4 Å². The highest BCUT2D eigenvalue weighted by atomic mass is 19.4. The molecule has 184 valence electrons. The molecule has 3 N–H and O–H groups in total. The number of rotatable bonds is 8. The third-order valence-electron chi connectivity index (χ3n) is 6.65. The predicted octanol–water partition coefficient (Wildman–Crippen LogP) is 2.04. The first-order valence-corrected chi connectivity index (χ1v) is 11.5. The number of fused-ring (bicyclic) bond motifs is 1. The van der Waals surface area contributed by atoms with Crippen molar-refractivity contribution in [3.8, 4) is 0 Å². The number of pyridine rings is 1. The Kier molecular flexibility index (Phi) is 7.46. The van der Waals surface area contributed by atoms with Crippen LogP contribution in [-0.2, 0) is 6.42 Å². The fourth-order valence-corrected chi connectivity index (χ4v) is 5.01. The van der Waals surface area contributed by atoms with E-state index in [2.05, 4.69) is 15.2 Å². The molecule has 2 aliphatic rings. The average molecular weight is 480 g/mol. The molecule has 1 fully saturated rings. The summed E-state index contributed by atoms with van der Waals surface area (Å²) in [5.41, 5.74) is 3.87. The van der Waals surface area contributed by atoms with Crippen LogP contribution in [0.25, 0.3) is 0 Å². The highest BCUT2D eigenvalue weighted by molar-refractivity contribution is 6.59. The number of likely N-dealkylation sites (tertiary alicyclic amines) is 1. The van der Waals surface area contributed by atoms with Crippen molar-refractivity contribution >= 4 is 18.3 Å². The van der Waals surface area contributed by atoms with Crippen molar-refractivity contribution in [2.24, 2.45) is 0 Å². The SMILES string of the molecule is Cc1c(B(O)O)ccc2c1CCN(CC(F)(F)F)C2c1ccc(NC2CN(CCCF)C2)cn1. The highest BCUT2D eigenvalue weighted by Crippen LogP contribution is 2.37. The summed E-state index contributed by atoms with van der Waals surface area (Å²) in [6.45, 7) is 2.93. The van der Waals surface area contributed by atoms with Crippen LogP contribution >= 0.6 is 0 Å². The molecule has 0 saturated carbocycles. The van der Waals surface area contributed by atoms with Gasteiger partial charge in [0.25, 0.3) is 0 Å². The largest absolute Gasteiger partial charge is 0.488 e. The van der Waals surface area contributed by atoms with E-state index in [-0.39, 0.29) is 19.3 Å². The Morgan fingerprint density at radius 3 is 2.56 bits per heavy atom. The van der Waals surface area contributed by atoms with Crippen LogP contribution in [0.5, 0.6) is 0 Å². The summed E-state index contributed by atoms with van der Waals surface area (Å²) >= 11 is 0. The summed E-state index contributed by atoms with van der Waals surface area (Å²) < 4.78 is 52.4. The fourth-order valence-electron chi connectivity index (χ4n) is 5.01. The molecule has 4 rings (SSSR count). The zero-order valence-corrected chi connectivity index (χ0v) is 19.0. The van der Waals surface area contributed by atoms with E-state index in [1.54, 1.807) is 31.3 Å². The minimum Gasteiger partial charge on any atom is -0.423 e. The minimum atomic E-state index is -4.36. The van der Waals surface area contributed by atoms with Crippen molar-refractivity contribution < 1.29 is 27.6 Å². The molecular weight excluding hydrogens is 451 g/mol. The lowest BCUT2D eigenvalue weighted by Gasteiger charge is -2.40. The summed E-state index contributed by atoms with van der Waals surface area (Å²) in [5.74, 6) is 0. The molecule has 1 aromatic heterocycles. The van der Waals surface area contributed by atoms with Gasteiger partial charge in [-0.05, 0) is 54.1 Å². The Morgan fingerprint density at radius 2 is 1.94 bits per heavy atom. The topological polar surface area (TPSA) is 71.9 Å². The van der Waals surface area contributed by atoms with E-state index in [9.17, 15) is 27.6 Å². The molecule has 6 nitrogen and oxygen atoms in total. The number of nitrogens with zero attached hydrogens (tertiary/aromatic N) is 3. The Hall–Kier alpha value is -2.21. The molecule has 1 unspecified atom stereocenters. The van der Waals surface area contributed by atoms with E-state index in [0.717, 1.165) is 30.9 Å². The molecule has 1 aromatic carbocycles. The van der Waals surface area contributed by atoms with Crippen molar-refractivity contribution in [3.63, 3.8) is 0 Å². The molecule has 0 radical (unpaired) electrons. The standard InChI is InChI=1S/C23H29BF4N4O2/c1-15-18-7-10-32(14-23(26,27)28)22(19(18)4-5-20(15)24(33)34)21-6-3-16(11-29-21)30-17-12-31(13-17)9-2-8-25/h3-6,11,17,22,30,33-34H,2,7-10,12-14H2,1H3. The molecule has 1 saturated heterocycles. The number of benzene rings is 1. The maximum absolute atomic E-state index is 13.4. The zero-order valence-electron chi connectivity index (χ0n) is 19.0. The Balaban J connectivity index is 1.56. The lowest BCUT2D eigenvalue weighted by Crippen LogP contribution is -2.54. The molecule has 2 aliphatic heterocycles. The average Bonchev–Trinajstić information content (AvgIpc) is 2.74. The van der Waals surface area contributed by atoms with Crippen LogP contribution < -0.4 is 10.8 Å². The number of alkyl halides is 4. The Labute approximate surface area is 196 Å². The molecule has 0 bridgehead atoms. The number of hydrogen-bond donors (Lipinski definition) is 3. The first-order chi connectivity index (χ1) is 16.2. The Morgan fingerprint density at radius 1 is 1.18 bits per heavy atom. The third kappa shape index (κ3) is 5.54. The van der Waals surface area contributed by atoms with Gasteiger partial charge in [0.2, 0.25) is 0 Å². The van der Waals surface area contributed by atoms with E-state index >= 15 is 0 Å². The van der Waals surface area contributed by atoms with E-state index in [1.807, 2.05) is 6.07 Å².